The van der Waals surface area contributed by atoms with Crippen LogP contribution in [0.5, 0.6) is 0 Å². The van der Waals surface area contributed by atoms with Crippen molar-refractivity contribution in [3.8, 4) is 11.1 Å². The molecule has 206 valence electrons. The summed E-state index contributed by atoms with van der Waals surface area (Å²) in [7, 11) is 0. The van der Waals surface area contributed by atoms with Crippen LogP contribution in [-0.4, -0.2) is 46.2 Å². The summed E-state index contributed by atoms with van der Waals surface area (Å²) in [5.74, 6) is 0.298. The van der Waals surface area contributed by atoms with Crippen LogP contribution in [0.15, 0.2) is 69.5 Å². The molecule has 3 heterocycles. The second-order valence-corrected chi connectivity index (χ2v) is 12.0. The number of hydrogen-bond donors (Lipinski definition) is 0. The van der Waals surface area contributed by atoms with Crippen molar-refractivity contribution in [1.29, 1.82) is 0 Å². The summed E-state index contributed by atoms with van der Waals surface area (Å²) < 4.78 is 15.4. The second-order valence-electron chi connectivity index (χ2n) is 10.5. The summed E-state index contributed by atoms with van der Waals surface area (Å²) in [6, 6.07) is 9.49. The number of benzene rings is 1. The van der Waals surface area contributed by atoms with Crippen LogP contribution in [0.25, 0.3) is 28.4 Å². The lowest BCUT2D eigenvalue weighted by molar-refractivity contribution is 0.128. The first-order valence-electron chi connectivity index (χ1n) is 12.8. The summed E-state index contributed by atoms with van der Waals surface area (Å²) in [5, 5.41) is 2.03. The fourth-order valence-electron chi connectivity index (χ4n) is 4.62. The Kier molecular flexibility index (Phi) is 9.22. The van der Waals surface area contributed by atoms with Crippen molar-refractivity contribution < 1.29 is 4.39 Å². The topological polar surface area (TPSA) is 41.4 Å². The van der Waals surface area contributed by atoms with Crippen molar-refractivity contribution >= 4 is 57.9 Å². The molecule has 2 aromatic heterocycles. The Bertz CT molecular complexity index is 1510. The van der Waals surface area contributed by atoms with Gasteiger partial charge in [-0.3, -0.25) is 14.3 Å². The number of fused-ring (bicyclic) bond motifs is 1. The van der Waals surface area contributed by atoms with E-state index in [1.165, 1.54) is 22.8 Å². The third-order valence-corrected chi connectivity index (χ3v) is 7.41. The van der Waals surface area contributed by atoms with Gasteiger partial charge in [-0.2, -0.15) is 0 Å². The highest BCUT2D eigenvalue weighted by atomic mass is 35.5. The zero-order valence-corrected chi connectivity index (χ0v) is 24.8. The average Bonchev–Trinajstić information content (AvgIpc) is 2.87. The maximum Gasteiger partial charge on any atom is 0.256 e. The lowest BCUT2D eigenvalue weighted by Gasteiger charge is -2.42. The van der Waals surface area contributed by atoms with E-state index in [9.17, 15) is 9.18 Å². The Balaban J connectivity index is 1.86. The molecule has 0 spiro atoms. The van der Waals surface area contributed by atoms with E-state index in [1.54, 1.807) is 31.3 Å². The van der Waals surface area contributed by atoms with Crippen LogP contribution in [0.1, 0.15) is 34.1 Å². The predicted octanol–water partition coefficient (Wildman–Crippen LogP) is 7.90. The van der Waals surface area contributed by atoms with E-state index in [0.717, 1.165) is 31.7 Å². The van der Waals surface area contributed by atoms with Crippen LogP contribution in [0.2, 0.25) is 5.02 Å². The van der Waals surface area contributed by atoms with Crippen molar-refractivity contribution in [3.63, 3.8) is 0 Å². The highest BCUT2D eigenvalue weighted by Crippen LogP contribution is 2.36. The highest BCUT2D eigenvalue weighted by Gasteiger charge is 2.27. The summed E-state index contributed by atoms with van der Waals surface area (Å²) in [6.07, 6.45) is 7.61. The molecule has 0 bridgehead atoms. The van der Waals surface area contributed by atoms with Crippen molar-refractivity contribution in [1.82, 2.24) is 14.5 Å². The van der Waals surface area contributed by atoms with Crippen LogP contribution < -0.4 is 10.5 Å². The molecule has 0 saturated carbocycles. The fourth-order valence-corrected chi connectivity index (χ4v) is 5.16. The Labute approximate surface area is 243 Å². The highest BCUT2D eigenvalue weighted by molar-refractivity contribution is 6.34. The minimum absolute atomic E-state index is 0.0729. The van der Waals surface area contributed by atoms with Gasteiger partial charge in [-0.1, -0.05) is 47.0 Å². The summed E-state index contributed by atoms with van der Waals surface area (Å²) in [5.41, 5.74) is 1.66. The molecule has 1 aliphatic rings. The van der Waals surface area contributed by atoms with E-state index >= 15 is 0 Å². The Hall–Kier alpha value is -2.64. The molecule has 4 rings (SSSR count). The molecule has 1 aliphatic heterocycles. The van der Waals surface area contributed by atoms with Crippen LogP contribution >= 0.6 is 34.8 Å². The molecule has 0 radical (unpaired) electrons. The number of halogens is 4. The smallest absolute Gasteiger partial charge is 0.256 e. The molecule has 0 amide bonds. The van der Waals surface area contributed by atoms with Gasteiger partial charge < -0.3 is 4.90 Å². The largest absolute Gasteiger partial charge is 0.354 e. The van der Waals surface area contributed by atoms with Crippen molar-refractivity contribution in [2.45, 2.75) is 39.7 Å². The van der Waals surface area contributed by atoms with Crippen molar-refractivity contribution in [3.05, 3.63) is 85.9 Å². The Morgan fingerprint density at radius 3 is 2.41 bits per heavy atom. The third-order valence-electron chi connectivity index (χ3n) is 6.72. The van der Waals surface area contributed by atoms with E-state index in [2.05, 4.69) is 30.6 Å². The van der Waals surface area contributed by atoms with Crippen molar-refractivity contribution in [2.75, 3.05) is 31.1 Å². The van der Waals surface area contributed by atoms with Crippen molar-refractivity contribution in [2.24, 2.45) is 0 Å². The maximum absolute atomic E-state index is 13.9. The molecule has 1 saturated heterocycles. The van der Waals surface area contributed by atoms with Gasteiger partial charge in [-0.15, -0.1) is 0 Å². The first-order chi connectivity index (χ1) is 18.4. The number of allylic oxidation sites excluding steroid dienone is 5. The maximum atomic E-state index is 13.9. The normalized spacial score (nSPS) is 16.1. The molecule has 1 fully saturated rings. The molecule has 3 aromatic rings. The van der Waals surface area contributed by atoms with E-state index in [1.807, 2.05) is 18.2 Å². The zero-order valence-electron chi connectivity index (χ0n) is 22.5. The quantitative estimate of drug-likeness (QED) is 0.274. The monoisotopic (exact) mass is 588 g/mol. The lowest BCUT2D eigenvalue weighted by atomic mass is 10.0. The number of aromatic nitrogens is 2. The van der Waals surface area contributed by atoms with Gasteiger partial charge >= 0.3 is 0 Å². The van der Waals surface area contributed by atoms with Gasteiger partial charge in [0.25, 0.3) is 5.56 Å². The lowest BCUT2D eigenvalue weighted by Crippen LogP contribution is -2.53. The molecular weight excluding hydrogens is 558 g/mol. The Morgan fingerprint density at radius 2 is 1.77 bits per heavy atom. The van der Waals surface area contributed by atoms with Gasteiger partial charge in [0.1, 0.15) is 17.3 Å². The van der Waals surface area contributed by atoms with Crippen LogP contribution in [-0.2, 0) is 0 Å². The molecule has 0 atom stereocenters. The van der Waals surface area contributed by atoms with Gasteiger partial charge in [0.05, 0.1) is 10.1 Å². The second kappa shape index (κ2) is 12.3. The average molecular weight is 590 g/mol. The summed E-state index contributed by atoms with van der Waals surface area (Å²) >= 11 is 18.9. The summed E-state index contributed by atoms with van der Waals surface area (Å²) in [6.45, 7) is 11.7. The van der Waals surface area contributed by atoms with E-state index in [-0.39, 0.29) is 16.1 Å². The molecular formula is C30H32Cl3FN4O. The molecule has 39 heavy (non-hydrogen) atoms. The van der Waals surface area contributed by atoms with Crippen LogP contribution in [0.3, 0.4) is 0 Å². The van der Waals surface area contributed by atoms with Gasteiger partial charge in [-0.05, 0) is 76.1 Å². The first kappa shape index (κ1) is 29.3. The zero-order chi connectivity index (χ0) is 28.3. The standard InChI is InChI=1S/C30H32Cl3FN4O/c1-20(31)7-5-6-8-21(32)19-38-28(39)12-11-24-25(23-10-9-22(34)17-26(23)33)18-27(35-29(24)38)36-13-15-37(16-14-36)30(2,3)4/h6-12,17-19H,5,13-16H2,1-4H3/b8-6-,20-7+,21-19-. The first-order valence-corrected chi connectivity index (χ1v) is 14.0. The number of anilines is 1. The summed E-state index contributed by atoms with van der Waals surface area (Å²) in [4.78, 5) is 22.7. The number of piperazine rings is 1. The molecule has 0 unspecified atom stereocenters. The third kappa shape index (κ3) is 7.12. The minimum Gasteiger partial charge on any atom is -0.354 e. The van der Waals surface area contributed by atoms with Gasteiger partial charge in [-0.25, -0.2) is 9.37 Å². The van der Waals surface area contributed by atoms with Gasteiger partial charge in [0.15, 0.2) is 0 Å². The molecule has 0 N–H and O–H groups in total. The number of rotatable bonds is 6. The SMILES string of the molecule is C/C(Cl)=C\C/C=C\C(Cl)=C\n1c(=O)ccc2c(-c3ccc(F)cc3Cl)cc(N3CCN(C(C)(C)C)CC3)nc21. The number of nitrogens with zero attached hydrogens (tertiary/aromatic N) is 4. The number of pyridine rings is 2. The molecule has 5 nitrogen and oxygen atoms in total. The molecule has 9 heteroatoms. The van der Waals surface area contributed by atoms with Crippen LogP contribution in [0, 0.1) is 5.82 Å². The fraction of sp³-hybridized carbons (Fsp3) is 0.333. The van der Waals surface area contributed by atoms with Gasteiger partial charge in [0, 0.05) is 60.0 Å². The molecule has 1 aromatic carbocycles. The number of hydrogen-bond acceptors (Lipinski definition) is 4. The van der Waals surface area contributed by atoms with E-state index in [0.29, 0.717) is 38.9 Å². The van der Waals surface area contributed by atoms with E-state index < -0.39 is 5.82 Å². The molecule has 0 aliphatic carbocycles. The Morgan fingerprint density at radius 1 is 1.05 bits per heavy atom. The minimum atomic E-state index is -0.418. The predicted molar refractivity (Wildman–Crippen MR) is 163 cm³/mol. The van der Waals surface area contributed by atoms with Crippen LogP contribution in [0.4, 0.5) is 10.2 Å². The van der Waals surface area contributed by atoms with Gasteiger partial charge in [0.2, 0.25) is 0 Å². The van der Waals surface area contributed by atoms with E-state index in [4.69, 9.17) is 39.8 Å².